The maximum Gasteiger partial charge on any atom is 0.315 e. The molecule has 0 spiro atoms. The van der Waals surface area contributed by atoms with E-state index in [1.54, 1.807) is 26.4 Å². The van der Waals surface area contributed by atoms with Gasteiger partial charge in [-0.3, -0.25) is 0 Å². The van der Waals surface area contributed by atoms with E-state index in [4.69, 9.17) is 14.2 Å². The van der Waals surface area contributed by atoms with Crippen molar-refractivity contribution >= 4 is 6.03 Å². The summed E-state index contributed by atoms with van der Waals surface area (Å²) >= 11 is 0. The lowest BCUT2D eigenvalue weighted by Gasteiger charge is -2.11. The second kappa shape index (κ2) is 9.36. The highest BCUT2D eigenvalue weighted by atomic mass is 19.1. The van der Waals surface area contributed by atoms with E-state index >= 15 is 0 Å². The number of carbonyl (C=O) groups is 1. The molecule has 0 aliphatic rings. The maximum absolute atomic E-state index is 12.8. The summed E-state index contributed by atoms with van der Waals surface area (Å²) in [6.07, 6.45) is 0. The lowest BCUT2D eigenvalue weighted by Crippen LogP contribution is -2.37. The van der Waals surface area contributed by atoms with E-state index in [0.717, 1.165) is 5.56 Å². The van der Waals surface area contributed by atoms with Crippen molar-refractivity contribution in [3.63, 3.8) is 0 Å². The van der Waals surface area contributed by atoms with Crippen molar-refractivity contribution in [3.8, 4) is 17.2 Å². The maximum atomic E-state index is 12.8. The van der Waals surface area contributed by atoms with E-state index in [-0.39, 0.29) is 18.5 Å². The minimum atomic E-state index is -0.319. The van der Waals surface area contributed by atoms with Gasteiger partial charge in [0.15, 0.2) is 11.5 Å². The van der Waals surface area contributed by atoms with Gasteiger partial charge >= 0.3 is 6.03 Å². The lowest BCUT2D eigenvalue weighted by atomic mass is 10.2. The Morgan fingerprint density at radius 2 is 1.72 bits per heavy atom. The first kappa shape index (κ1) is 18.4. The first-order chi connectivity index (χ1) is 12.1. The average Bonchev–Trinajstić information content (AvgIpc) is 2.64. The minimum absolute atomic E-state index is 0.287. The third-order valence-electron chi connectivity index (χ3n) is 3.37. The Bertz CT molecular complexity index is 692. The van der Waals surface area contributed by atoms with Gasteiger partial charge in [-0.1, -0.05) is 6.07 Å². The Balaban J connectivity index is 1.69. The van der Waals surface area contributed by atoms with Crippen molar-refractivity contribution in [3.05, 3.63) is 53.8 Å². The second-order valence-electron chi connectivity index (χ2n) is 5.10. The molecule has 2 aromatic carbocycles. The van der Waals surface area contributed by atoms with E-state index < -0.39 is 0 Å². The molecule has 2 N–H and O–H groups in total. The molecule has 6 nitrogen and oxygen atoms in total. The van der Waals surface area contributed by atoms with E-state index in [1.165, 1.54) is 24.3 Å². The van der Waals surface area contributed by atoms with Crippen molar-refractivity contribution in [2.24, 2.45) is 0 Å². The normalized spacial score (nSPS) is 10.0. The summed E-state index contributed by atoms with van der Waals surface area (Å²) < 4.78 is 28.5. The van der Waals surface area contributed by atoms with Crippen LogP contribution in [0.2, 0.25) is 0 Å². The molecule has 25 heavy (non-hydrogen) atoms. The molecule has 0 saturated heterocycles. The zero-order valence-electron chi connectivity index (χ0n) is 14.2. The number of rotatable bonds is 8. The van der Waals surface area contributed by atoms with E-state index in [1.807, 2.05) is 6.07 Å². The summed E-state index contributed by atoms with van der Waals surface area (Å²) in [5, 5.41) is 5.42. The van der Waals surface area contributed by atoms with Gasteiger partial charge in [0, 0.05) is 6.54 Å². The summed E-state index contributed by atoms with van der Waals surface area (Å²) in [6, 6.07) is 10.8. The molecule has 2 amide bonds. The summed E-state index contributed by atoms with van der Waals surface area (Å²) in [5.41, 5.74) is 0.885. The smallest absolute Gasteiger partial charge is 0.315 e. The highest BCUT2D eigenvalue weighted by molar-refractivity contribution is 5.73. The van der Waals surface area contributed by atoms with Crippen LogP contribution in [0, 0.1) is 5.82 Å². The van der Waals surface area contributed by atoms with Gasteiger partial charge in [0.05, 0.1) is 20.8 Å². The standard InChI is InChI=1S/C18H21FN2O4/c1-23-16-8-3-13(11-17(16)24-2)12-21-18(22)20-9-10-25-15-6-4-14(19)5-7-15/h3-8,11H,9-10,12H2,1-2H3,(H2,20,21,22). The van der Waals surface area contributed by atoms with Crippen LogP contribution in [0.1, 0.15) is 5.56 Å². The second-order valence-corrected chi connectivity index (χ2v) is 5.10. The Labute approximate surface area is 145 Å². The number of nitrogens with one attached hydrogen (secondary N) is 2. The SMILES string of the molecule is COc1ccc(CNC(=O)NCCOc2ccc(F)cc2)cc1OC. The Morgan fingerprint density at radius 3 is 2.40 bits per heavy atom. The van der Waals surface area contributed by atoms with Crippen LogP contribution in [0.15, 0.2) is 42.5 Å². The zero-order chi connectivity index (χ0) is 18.1. The molecule has 0 radical (unpaired) electrons. The molecule has 0 saturated carbocycles. The molecule has 7 heteroatoms. The Hall–Kier alpha value is -2.96. The monoisotopic (exact) mass is 348 g/mol. The number of amides is 2. The van der Waals surface area contributed by atoms with Crippen molar-refractivity contribution < 1.29 is 23.4 Å². The fourth-order valence-corrected chi connectivity index (χ4v) is 2.10. The predicted molar refractivity (Wildman–Crippen MR) is 91.7 cm³/mol. The minimum Gasteiger partial charge on any atom is -0.493 e. The van der Waals surface area contributed by atoms with Crippen molar-refractivity contribution in [2.75, 3.05) is 27.4 Å². The fourth-order valence-electron chi connectivity index (χ4n) is 2.10. The lowest BCUT2D eigenvalue weighted by molar-refractivity contribution is 0.236. The van der Waals surface area contributed by atoms with Crippen LogP contribution in [0.4, 0.5) is 9.18 Å². The third kappa shape index (κ3) is 5.87. The molecule has 2 aromatic rings. The van der Waals surface area contributed by atoms with Crippen LogP contribution in [0.5, 0.6) is 17.2 Å². The molecule has 134 valence electrons. The third-order valence-corrected chi connectivity index (χ3v) is 3.37. The number of carbonyl (C=O) groups excluding carboxylic acids is 1. The number of urea groups is 1. The number of halogens is 1. The van der Waals surface area contributed by atoms with Crippen LogP contribution >= 0.6 is 0 Å². The summed E-state index contributed by atoms with van der Waals surface area (Å²) in [5.74, 6) is 1.47. The molecule has 0 atom stereocenters. The predicted octanol–water partition coefficient (Wildman–Crippen LogP) is 2.72. The van der Waals surface area contributed by atoms with Crippen LogP contribution in [0.25, 0.3) is 0 Å². The molecule has 0 unspecified atom stereocenters. The van der Waals surface area contributed by atoms with Crippen molar-refractivity contribution in [1.82, 2.24) is 10.6 Å². The quantitative estimate of drug-likeness (QED) is 0.720. The molecule has 0 aliphatic carbocycles. The molecule has 0 bridgehead atoms. The number of methoxy groups -OCH3 is 2. The Morgan fingerprint density at radius 1 is 1.00 bits per heavy atom. The van der Waals surface area contributed by atoms with Gasteiger partial charge in [-0.2, -0.15) is 0 Å². The number of hydrogen-bond acceptors (Lipinski definition) is 4. The molecular weight excluding hydrogens is 327 g/mol. The van der Waals surface area contributed by atoms with Crippen LogP contribution < -0.4 is 24.8 Å². The molecule has 0 aliphatic heterocycles. The van der Waals surface area contributed by atoms with Crippen LogP contribution in [0.3, 0.4) is 0 Å². The first-order valence-corrected chi connectivity index (χ1v) is 7.73. The van der Waals surface area contributed by atoms with Crippen molar-refractivity contribution in [1.29, 1.82) is 0 Å². The van der Waals surface area contributed by atoms with Gasteiger partial charge in [0.1, 0.15) is 18.2 Å². The molecule has 0 heterocycles. The summed E-state index contributed by atoms with van der Waals surface area (Å²) in [7, 11) is 3.13. The van der Waals surface area contributed by atoms with Gasteiger partial charge in [0.25, 0.3) is 0 Å². The van der Waals surface area contributed by atoms with E-state index in [0.29, 0.717) is 30.3 Å². The van der Waals surface area contributed by atoms with E-state index in [9.17, 15) is 9.18 Å². The molecule has 0 aromatic heterocycles. The molecule has 0 fully saturated rings. The number of ether oxygens (including phenoxy) is 3. The van der Waals surface area contributed by atoms with Gasteiger partial charge in [-0.05, 0) is 42.0 Å². The van der Waals surface area contributed by atoms with E-state index in [2.05, 4.69) is 10.6 Å². The fraction of sp³-hybridized carbons (Fsp3) is 0.278. The van der Waals surface area contributed by atoms with Crippen LogP contribution in [-0.2, 0) is 6.54 Å². The molecular formula is C18H21FN2O4. The highest BCUT2D eigenvalue weighted by Gasteiger charge is 2.06. The van der Waals surface area contributed by atoms with Crippen molar-refractivity contribution in [2.45, 2.75) is 6.54 Å². The van der Waals surface area contributed by atoms with Gasteiger partial charge < -0.3 is 24.8 Å². The highest BCUT2D eigenvalue weighted by Crippen LogP contribution is 2.27. The van der Waals surface area contributed by atoms with Gasteiger partial charge in [-0.25, -0.2) is 9.18 Å². The number of hydrogen-bond donors (Lipinski definition) is 2. The zero-order valence-corrected chi connectivity index (χ0v) is 14.2. The molecule has 2 rings (SSSR count). The first-order valence-electron chi connectivity index (χ1n) is 7.73. The average molecular weight is 348 g/mol. The van der Waals surface area contributed by atoms with Crippen LogP contribution in [-0.4, -0.2) is 33.4 Å². The summed E-state index contributed by atoms with van der Waals surface area (Å²) in [6.45, 7) is 0.968. The summed E-state index contributed by atoms with van der Waals surface area (Å²) in [4.78, 5) is 11.8. The largest absolute Gasteiger partial charge is 0.493 e. The van der Waals surface area contributed by atoms with Gasteiger partial charge in [0.2, 0.25) is 0 Å². The Kier molecular flexibility index (Phi) is 6.88. The number of benzene rings is 2. The van der Waals surface area contributed by atoms with Gasteiger partial charge in [-0.15, -0.1) is 0 Å². The topological polar surface area (TPSA) is 68.8 Å².